The molecule has 0 amide bonds. The standard InChI is InChI=1S/C27H31N3O4.CH4.3H2S/c31-22(18-34-25-7-3-6-24-23(25)10-11-28-24)17-29-15-21-5-2-1-4-20(29)16-30(21)19-8-9-26-27(14-19)33-13-12-32-26;;;;/h1-3,6-11,14,20-22,28,31H,4-5,12-13,15-18H2;1H4;3*1H2/b2-1-;;;;/t20-,21-,22-;;;;/m0..../s1. The number of aliphatic hydroxyl groups is 1. The van der Waals surface area contributed by atoms with Gasteiger partial charge in [0.2, 0.25) is 0 Å². The lowest BCUT2D eigenvalue weighted by atomic mass is 9.96. The number of fused-ring (bicyclic) bond motifs is 6. The fourth-order valence-corrected chi connectivity index (χ4v) is 5.38. The first-order valence-corrected chi connectivity index (χ1v) is 12.2. The molecule has 7 nitrogen and oxygen atoms in total. The van der Waals surface area contributed by atoms with Crippen molar-refractivity contribution in [3.63, 3.8) is 0 Å². The van der Waals surface area contributed by atoms with Crippen LogP contribution in [0.1, 0.15) is 20.3 Å². The van der Waals surface area contributed by atoms with Gasteiger partial charge in [-0.15, -0.1) is 0 Å². The van der Waals surface area contributed by atoms with E-state index in [9.17, 15) is 5.11 Å². The highest BCUT2D eigenvalue weighted by atomic mass is 32.1. The van der Waals surface area contributed by atoms with E-state index in [2.05, 4.69) is 39.1 Å². The summed E-state index contributed by atoms with van der Waals surface area (Å²) in [6.07, 6.45) is 7.91. The Kier molecular flexibility index (Phi) is 12.1. The van der Waals surface area contributed by atoms with Gasteiger partial charge in [0.15, 0.2) is 11.5 Å². The maximum atomic E-state index is 10.9. The van der Waals surface area contributed by atoms with Gasteiger partial charge in [-0.1, -0.05) is 25.6 Å². The fourth-order valence-electron chi connectivity index (χ4n) is 5.38. The van der Waals surface area contributed by atoms with Crippen LogP contribution in [-0.2, 0) is 0 Å². The molecular formula is C28H41N3O4S3. The van der Waals surface area contributed by atoms with Gasteiger partial charge in [-0.05, 0) is 43.2 Å². The molecule has 2 N–H and O–H groups in total. The van der Waals surface area contributed by atoms with E-state index in [4.69, 9.17) is 14.2 Å². The summed E-state index contributed by atoms with van der Waals surface area (Å²) in [5, 5.41) is 11.9. The molecule has 5 heterocycles. The van der Waals surface area contributed by atoms with Gasteiger partial charge in [0.05, 0.1) is 0 Å². The van der Waals surface area contributed by atoms with Crippen LogP contribution in [-0.4, -0.2) is 72.6 Å². The third kappa shape index (κ3) is 6.71. The van der Waals surface area contributed by atoms with E-state index in [0.29, 0.717) is 31.8 Å². The second kappa shape index (κ2) is 14.3. The Hall–Kier alpha value is -2.11. The molecule has 38 heavy (non-hydrogen) atoms. The van der Waals surface area contributed by atoms with E-state index >= 15 is 0 Å². The number of aromatic nitrogens is 1. The first-order valence-electron chi connectivity index (χ1n) is 12.2. The molecule has 4 aliphatic rings. The predicted octanol–water partition coefficient (Wildman–Crippen LogP) is 4.56. The van der Waals surface area contributed by atoms with Crippen molar-refractivity contribution in [2.24, 2.45) is 0 Å². The smallest absolute Gasteiger partial charge is 0.163 e. The van der Waals surface area contributed by atoms with Crippen LogP contribution >= 0.6 is 40.5 Å². The van der Waals surface area contributed by atoms with Crippen LogP contribution < -0.4 is 19.1 Å². The number of nitrogens with one attached hydrogen (secondary N) is 1. The molecule has 1 fully saturated rings. The summed E-state index contributed by atoms with van der Waals surface area (Å²) in [6, 6.07) is 14.9. The van der Waals surface area contributed by atoms with Crippen LogP contribution in [0.4, 0.5) is 5.69 Å². The number of nitrogens with zero attached hydrogens (tertiary/aromatic N) is 2. The van der Waals surface area contributed by atoms with Gasteiger partial charge in [-0.3, -0.25) is 4.90 Å². The van der Waals surface area contributed by atoms with Crippen molar-refractivity contribution in [3.8, 4) is 17.2 Å². The predicted molar refractivity (Wildman–Crippen MR) is 170 cm³/mol. The van der Waals surface area contributed by atoms with E-state index in [1.807, 2.05) is 36.5 Å². The van der Waals surface area contributed by atoms with Gasteiger partial charge in [0, 0.05) is 60.6 Å². The molecule has 10 heteroatoms. The molecule has 0 unspecified atom stereocenters. The Morgan fingerprint density at radius 3 is 2.53 bits per heavy atom. The van der Waals surface area contributed by atoms with Crippen molar-refractivity contribution >= 4 is 57.1 Å². The molecule has 210 valence electrons. The first-order chi connectivity index (χ1) is 16.7. The number of ether oxygens (including phenoxy) is 3. The van der Waals surface area contributed by atoms with E-state index in [0.717, 1.165) is 54.1 Å². The zero-order chi connectivity index (χ0) is 22.9. The van der Waals surface area contributed by atoms with Gasteiger partial charge in [-0.25, -0.2) is 0 Å². The molecule has 1 aromatic heterocycles. The highest BCUT2D eigenvalue weighted by Crippen LogP contribution is 2.37. The Labute approximate surface area is 246 Å². The minimum atomic E-state index is -0.554. The molecule has 3 aromatic rings. The second-order valence-corrected chi connectivity index (χ2v) is 9.34. The number of aromatic amines is 1. The van der Waals surface area contributed by atoms with Crippen LogP contribution in [0.3, 0.4) is 0 Å². The fraction of sp³-hybridized carbons (Fsp3) is 0.429. The van der Waals surface area contributed by atoms with Crippen molar-refractivity contribution in [3.05, 3.63) is 60.8 Å². The highest BCUT2D eigenvalue weighted by Gasteiger charge is 2.35. The number of hydrogen-bond acceptors (Lipinski definition) is 6. The van der Waals surface area contributed by atoms with Crippen molar-refractivity contribution in [1.29, 1.82) is 0 Å². The lowest BCUT2D eigenvalue weighted by molar-refractivity contribution is 0.0408. The molecule has 1 saturated heterocycles. The van der Waals surface area contributed by atoms with Crippen molar-refractivity contribution in [1.82, 2.24) is 9.88 Å². The van der Waals surface area contributed by atoms with E-state index < -0.39 is 6.10 Å². The van der Waals surface area contributed by atoms with Gasteiger partial charge < -0.3 is 29.2 Å². The largest absolute Gasteiger partial charge is 0.490 e. The molecule has 7 rings (SSSR count). The van der Waals surface area contributed by atoms with Crippen molar-refractivity contribution < 1.29 is 19.3 Å². The lowest BCUT2D eigenvalue weighted by Gasteiger charge is -2.49. The Morgan fingerprint density at radius 2 is 1.71 bits per heavy atom. The van der Waals surface area contributed by atoms with E-state index in [1.54, 1.807) is 0 Å². The molecule has 0 saturated carbocycles. The summed E-state index contributed by atoms with van der Waals surface area (Å²) in [7, 11) is 0. The number of piperazine rings is 1. The molecular weight excluding hydrogens is 539 g/mol. The van der Waals surface area contributed by atoms with Gasteiger partial charge in [0.25, 0.3) is 0 Å². The molecule has 0 aliphatic carbocycles. The van der Waals surface area contributed by atoms with Gasteiger partial charge in [0.1, 0.15) is 31.7 Å². The average Bonchev–Trinajstić information content (AvgIpc) is 3.33. The summed E-state index contributed by atoms with van der Waals surface area (Å²) in [5.41, 5.74) is 2.22. The quantitative estimate of drug-likeness (QED) is 0.418. The number of rotatable bonds is 6. The number of anilines is 1. The Balaban J connectivity index is 0.00000127. The maximum Gasteiger partial charge on any atom is 0.163 e. The molecule has 0 radical (unpaired) electrons. The average molecular weight is 580 g/mol. The maximum absolute atomic E-state index is 10.9. The van der Waals surface area contributed by atoms with Gasteiger partial charge in [-0.2, -0.15) is 40.5 Å². The lowest BCUT2D eigenvalue weighted by Crippen LogP contribution is -2.60. The van der Waals surface area contributed by atoms with Gasteiger partial charge >= 0.3 is 0 Å². The number of H-pyrrole nitrogens is 1. The minimum Gasteiger partial charge on any atom is -0.490 e. The zero-order valence-corrected chi connectivity index (χ0v) is 23.7. The normalized spacial score (nSPS) is 21.4. The summed E-state index contributed by atoms with van der Waals surface area (Å²) >= 11 is 0. The number of benzene rings is 2. The van der Waals surface area contributed by atoms with Crippen molar-refractivity contribution in [2.45, 2.75) is 38.5 Å². The van der Waals surface area contributed by atoms with Crippen LogP contribution in [0.15, 0.2) is 60.8 Å². The highest BCUT2D eigenvalue weighted by molar-refractivity contribution is 7.59. The molecule has 0 spiro atoms. The van der Waals surface area contributed by atoms with Crippen LogP contribution in [0.2, 0.25) is 0 Å². The topological polar surface area (TPSA) is 70.2 Å². The molecule has 4 aliphatic heterocycles. The SMILES string of the molecule is C.O[C@H](COc1cccc2[nH]ccc12)CN1C[C@@H]2C/C=C\C[C@H]1CN2c1ccc2c(c1)OCCO2.S.S.S. The minimum absolute atomic E-state index is 0. The zero-order valence-electron chi connectivity index (χ0n) is 20.7. The van der Waals surface area contributed by atoms with E-state index in [-0.39, 0.29) is 54.5 Å². The van der Waals surface area contributed by atoms with Crippen LogP contribution in [0, 0.1) is 0 Å². The van der Waals surface area contributed by atoms with Crippen LogP contribution in [0.25, 0.3) is 10.9 Å². The monoisotopic (exact) mass is 579 g/mol. The summed E-state index contributed by atoms with van der Waals surface area (Å²) in [6.45, 7) is 3.91. The molecule has 2 bridgehead atoms. The van der Waals surface area contributed by atoms with Crippen molar-refractivity contribution in [2.75, 3.05) is 44.4 Å². The number of aliphatic hydroxyl groups excluding tert-OH is 1. The Bertz CT molecular complexity index is 1190. The summed E-state index contributed by atoms with van der Waals surface area (Å²) in [4.78, 5) is 8.14. The first kappa shape index (κ1) is 32.1. The summed E-state index contributed by atoms with van der Waals surface area (Å²) < 4.78 is 17.5. The summed E-state index contributed by atoms with van der Waals surface area (Å²) in [5.74, 6) is 2.46. The third-order valence-corrected chi connectivity index (χ3v) is 7.08. The van der Waals surface area contributed by atoms with E-state index in [1.165, 1.54) is 5.69 Å². The molecule has 2 aromatic carbocycles. The number of hydrogen-bond donors (Lipinski definition) is 2. The second-order valence-electron chi connectivity index (χ2n) is 9.34. The Morgan fingerprint density at radius 1 is 0.947 bits per heavy atom. The third-order valence-electron chi connectivity index (χ3n) is 7.08. The molecule has 3 atom stereocenters. The van der Waals surface area contributed by atoms with Crippen LogP contribution in [0.5, 0.6) is 17.2 Å².